The molecule has 7 heteroatoms. The Bertz CT molecular complexity index is 1430. The Morgan fingerprint density at radius 1 is 1.16 bits per heavy atom. The van der Waals surface area contributed by atoms with Crippen molar-refractivity contribution in [1.82, 2.24) is 4.57 Å². The standard InChI is InChI=1S/C25H19FN2O4/c1-30-23-12-18(5-6-21(23)31-15-25(14-27)8-9-25)28-10-7-20-19(24(28)29)13-22(32-20)16-3-2-4-17(26)11-16/h2-7,10-13H,8-9,15H2,1H3. The molecular formula is C25H19FN2O4. The molecular weight excluding hydrogens is 411 g/mol. The lowest BCUT2D eigenvalue weighted by molar-refractivity contribution is 0.255. The Labute approximate surface area is 183 Å². The number of hydrogen-bond donors (Lipinski definition) is 0. The van der Waals surface area contributed by atoms with E-state index < -0.39 is 5.41 Å². The van der Waals surface area contributed by atoms with Gasteiger partial charge in [0, 0.05) is 17.8 Å². The maximum atomic E-state index is 13.6. The number of rotatable bonds is 6. The Balaban J connectivity index is 1.49. The van der Waals surface area contributed by atoms with Gasteiger partial charge in [0.1, 0.15) is 23.8 Å². The van der Waals surface area contributed by atoms with E-state index in [2.05, 4.69) is 6.07 Å². The zero-order valence-corrected chi connectivity index (χ0v) is 17.3. The fourth-order valence-corrected chi connectivity index (χ4v) is 3.60. The fraction of sp³-hybridized carbons (Fsp3) is 0.200. The van der Waals surface area contributed by atoms with E-state index in [1.54, 1.807) is 48.7 Å². The van der Waals surface area contributed by atoms with E-state index in [9.17, 15) is 14.4 Å². The monoisotopic (exact) mass is 430 g/mol. The molecule has 32 heavy (non-hydrogen) atoms. The molecule has 5 rings (SSSR count). The summed E-state index contributed by atoms with van der Waals surface area (Å²) in [4.78, 5) is 13.2. The van der Waals surface area contributed by atoms with Crippen LogP contribution in [0, 0.1) is 22.6 Å². The molecule has 2 aromatic carbocycles. The highest BCUT2D eigenvalue weighted by molar-refractivity contribution is 5.82. The van der Waals surface area contributed by atoms with Crippen LogP contribution in [-0.4, -0.2) is 18.3 Å². The summed E-state index contributed by atoms with van der Waals surface area (Å²) in [6.45, 7) is 0.309. The van der Waals surface area contributed by atoms with E-state index in [0.717, 1.165) is 12.8 Å². The van der Waals surface area contributed by atoms with Crippen LogP contribution in [0.4, 0.5) is 4.39 Å². The molecule has 1 fully saturated rings. The van der Waals surface area contributed by atoms with Gasteiger partial charge in [-0.1, -0.05) is 12.1 Å². The van der Waals surface area contributed by atoms with Crippen LogP contribution in [0.25, 0.3) is 28.0 Å². The van der Waals surface area contributed by atoms with Crippen molar-refractivity contribution >= 4 is 11.0 Å². The number of nitriles is 1. The van der Waals surface area contributed by atoms with Crippen LogP contribution in [0.15, 0.2) is 70.0 Å². The molecule has 4 aromatic rings. The quantitative estimate of drug-likeness (QED) is 0.426. The number of pyridine rings is 1. The molecule has 0 spiro atoms. The topological polar surface area (TPSA) is 77.4 Å². The van der Waals surface area contributed by atoms with E-state index in [1.165, 1.54) is 23.8 Å². The second kappa shape index (κ2) is 7.57. The highest BCUT2D eigenvalue weighted by Crippen LogP contribution is 2.45. The molecule has 0 unspecified atom stereocenters. The molecule has 0 radical (unpaired) electrons. The molecule has 2 aromatic heterocycles. The maximum absolute atomic E-state index is 13.6. The van der Waals surface area contributed by atoms with Gasteiger partial charge in [0.05, 0.1) is 29.7 Å². The third-order valence-electron chi connectivity index (χ3n) is 5.71. The van der Waals surface area contributed by atoms with Crippen LogP contribution in [0.5, 0.6) is 11.5 Å². The zero-order valence-electron chi connectivity index (χ0n) is 17.3. The van der Waals surface area contributed by atoms with Crippen molar-refractivity contribution in [2.75, 3.05) is 13.7 Å². The van der Waals surface area contributed by atoms with Crippen molar-refractivity contribution < 1.29 is 18.3 Å². The van der Waals surface area contributed by atoms with Gasteiger partial charge in [-0.2, -0.15) is 5.26 Å². The van der Waals surface area contributed by atoms with Crippen molar-refractivity contribution in [1.29, 1.82) is 5.26 Å². The minimum Gasteiger partial charge on any atom is -0.493 e. The Morgan fingerprint density at radius 2 is 2.00 bits per heavy atom. The summed E-state index contributed by atoms with van der Waals surface area (Å²) in [5, 5.41) is 9.62. The summed E-state index contributed by atoms with van der Waals surface area (Å²) in [5.74, 6) is 1.03. The van der Waals surface area contributed by atoms with Gasteiger partial charge in [0.15, 0.2) is 11.5 Å². The molecule has 0 N–H and O–H groups in total. The second-order valence-corrected chi connectivity index (χ2v) is 7.91. The molecule has 2 heterocycles. The van der Waals surface area contributed by atoms with E-state index in [-0.39, 0.29) is 11.4 Å². The predicted molar refractivity (Wildman–Crippen MR) is 117 cm³/mol. The first-order valence-electron chi connectivity index (χ1n) is 10.2. The van der Waals surface area contributed by atoms with Crippen molar-refractivity contribution in [3.63, 3.8) is 0 Å². The Morgan fingerprint density at radius 3 is 2.72 bits per heavy atom. The van der Waals surface area contributed by atoms with Gasteiger partial charge in [-0.25, -0.2) is 4.39 Å². The van der Waals surface area contributed by atoms with Crippen molar-refractivity contribution in [3.05, 3.63) is 77.0 Å². The normalized spacial score (nSPS) is 14.2. The summed E-state index contributed by atoms with van der Waals surface area (Å²) in [6, 6.07) is 16.8. The summed E-state index contributed by atoms with van der Waals surface area (Å²) in [7, 11) is 1.52. The third kappa shape index (κ3) is 3.50. The lowest BCUT2D eigenvalue weighted by Gasteiger charge is -2.14. The number of hydrogen-bond acceptors (Lipinski definition) is 5. The SMILES string of the molecule is COc1cc(-n2ccc3oc(-c4cccc(F)c4)cc3c2=O)ccc1OCC1(C#N)CC1. The minimum atomic E-state index is -0.397. The number of methoxy groups -OCH3 is 1. The molecule has 6 nitrogen and oxygen atoms in total. The highest BCUT2D eigenvalue weighted by atomic mass is 19.1. The highest BCUT2D eigenvalue weighted by Gasteiger charge is 2.44. The smallest absolute Gasteiger partial charge is 0.266 e. The van der Waals surface area contributed by atoms with Crippen LogP contribution in [0.3, 0.4) is 0 Å². The van der Waals surface area contributed by atoms with Crippen LogP contribution in [0.1, 0.15) is 12.8 Å². The van der Waals surface area contributed by atoms with Gasteiger partial charge < -0.3 is 13.9 Å². The number of benzene rings is 2. The van der Waals surface area contributed by atoms with Gasteiger partial charge in [-0.05, 0) is 49.2 Å². The molecule has 0 aliphatic heterocycles. The van der Waals surface area contributed by atoms with E-state index in [4.69, 9.17) is 13.9 Å². The van der Waals surface area contributed by atoms with E-state index in [0.29, 0.717) is 46.1 Å². The first-order chi connectivity index (χ1) is 15.5. The molecule has 0 atom stereocenters. The van der Waals surface area contributed by atoms with Gasteiger partial charge in [0.2, 0.25) is 0 Å². The molecule has 160 valence electrons. The van der Waals surface area contributed by atoms with Gasteiger partial charge in [-0.3, -0.25) is 9.36 Å². The summed E-state index contributed by atoms with van der Waals surface area (Å²) < 4.78 is 32.1. The molecule has 0 bridgehead atoms. The zero-order chi connectivity index (χ0) is 22.3. The number of fused-ring (bicyclic) bond motifs is 1. The summed E-state index contributed by atoms with van der Waals surface area (Å²) in [5.41, 5.74) is 0.901. The number of aromatic nitrogens is 1. The third-order valence-corrected chi connectivity index (χ3v) is 5.71. The molecule has 0 amide bonds. The van der Waals surface area contributed by atoms with Crippen LogP contribution in [-0.2, 0) is 0 Å². The number of halogens is 1. The van der Waals surface area contributed by atoms with Crippen molar-refractivity contribution in [3.8, 4) is 34.6 Å². The fourth-order valence-electron chi connectivity index (χ4n) is 3.60. The van der Waals surface area contributed by atoms with Crippen molar-refractivity contribution in [2.45, 2.75) is 12.8 Å². The summed E-state index contributed by atoms with van der Waals surface area (Å²) >= 11 is 0. The lowest BCUT2D eigenvalue weighted by Crippen LogP contribution is -2.17. The molecule has 1 aliphatic carbocycles. The minimum absolute atomic E-state index is 0.272. The van der Waals surface area contributed by atoms with E-state index in [1.807, 2.05) is 0 Å². The Kier molecular flexibility index (Phi) is 4.71. The lowest BCUT2D eigenvalue weighted by atomic mass is 10.1. The summed E-state index contributed by atoms with van der Waals surface area (Å²) in [6.07, 6.45) is 3.29. The first-order valence-corrected chi connectivity index (χ1v) is 10.2. The van der Waals surface area contributed by atoms with Crippen LogP contribution < -0.4 is 15.0 Å². The number of nitrogens with zero attached hydrogens (tertiary/aromatic N) is 2. The van der Waals surface area contributed by atoms with Crippen molar-refractivity contribution in [2.24, 2.45) is 5.41 Å². The van der Waals surface area contributed by atoms with Gasteiger partial charge >= 0.3 is 0 Å². The largest absolute Gasteiger partial charge is 0.493 e. The van der Waals surface area contributed by atoms with Gasteiger partial charge in [0.25, 0.3) is 5.56 Å². The molecule has 1 aliphatic rings. The van der Waals surface area contributed by atoms with E-state index >= 15 is 0 Å². The Hall–Kier alpha value is -4.05. The predicted octanol–water partition coefficient (Wildman–Crippen LogP) is 5.08. The molecule has 1 saturated carbocycles. The second-order valence-electron chi connectivity index (χ2n) is 7.91. The van der Waals surface area contributed by atoms with Crippen LogP contribution >= 0.6 is 0 Å². The average molecular weight is 430 g/mol. The number of ether oxygens (including phenoxy) is 2. The number of furan rings is 1. The molecule has 0 saturated heterocycles. The maximum Gasteiger partial charge on any atom is 0.266 e. The first kappa shape index (κ1) is 19.9. The van der Waals surface area contributed by atoms with Gasteiger partial charge in [-0.15, -0.1) is 0 Å². The average Bonchev–Trinajstić information content (AvgIpc) is 3.46. The van der Waals surface area contributed by atoms with Crippen LogP contribution in [0.2, 0.25) is 0 Å².